The van der Waals surface area contributed by atoms with E-state index in [4.69, 9.17) is 5.26 Å². The average molecular weight is 228 g/mol. The molecule has 1 aromatic rings. The van der Waals surface area contributed by atoms with Gasteiger partial charge in [-0.05, 0) is 37.8 Å². The first kappa shape index (κ1) is 11.7. The van der Waals surface area contributed by atoms with Crippen LogP contribution in [0.25, 0.3) is 0 Å². The lowest BCUT2D eigenvalue weighted by atomic mass is 9.87. The number of hydrogen-bond donors (Lipinski definition) is 1. The quantitative estimate of drug-likeness (QED) is 0.845. The van der Waals surface area contributed by atoms with Gasteiger partial charge in [-0.1, -0.05) is 18.2 Å². The number of nitrogens with zero attached hydrogens (tertiary/aromatic N) is 1. The molecule has 0 spiro atoms. The number of nitrogens with one attached hydrogen (secondary N) is 1. The SMILES string of the molecule is N#CC1CCC(NC(=O)c2ccccc2)CC1. The summed E-state index contributed by atoms with van der Waals surface area (Å²) in [6.07, 6.45) is 3.63. The summed E-state index contributed by atoms with van der Waals surface area (Å²) in [4.78, 5) is 11.9. The topological polar surface area (TPSA) is 52.9 Å². The summed E-state index contributed by atoms with van der Waals surface area (Å²) in [6.45, 7) is 0. The molecule has 1 aliphatic rings. The fourth-order valence-electron chi connectivity index (χ4n) is 2.23. The Morgan fingerprint density at radius 3 is 2.41 bits per heavy atom. The minimum atomic E-state index is -0.00833. The maximum atomic E-state index is 11.9. The van der Waals surface area contributed by atoms with Crippen LogP contribution in [0.1, 0.15) is 36.0 Å². The van der Waals surface area contributed by atoms with Crippen molar-refractivity contribution in [3.8, 4) is 6.07 Å². The first-order valence-corrected chi connectivity index (χ1v) is 6.05. The predicted octanol–water partition coefficient (Wildman–Crippen LogP) is 2.50. The van der Waals surface area contributed by atoms with Crippen LogP contribution in [0.3, 0.4) is 0 Å². The van der Waals surface area contributed by atoms with Crippen molar-refractivity contribution in [3.63, 3.8) is 0 Å². The third-order valence-corrected chi connectivity index (χ3v) is 3.28. The van der Waals surface area contributed by atoms with Crippen LogP contribution in [0.2, 0.25) is 0 Å². The summed E-state index contributed by atoms with van der Waals surface area (Å²) in [7, 11) is 0. The van der Waals surface area contributed by atoms with Crippen molar-refractivity contribution in [1.82, 2.24) is 5.32 Å². The minimum Gasteiger partial charge on any atom is -0.349 e. The molecule has 1 fully saturated rings. The highest BCUT2D eigenvalue weighted by Crippen LogP contribution is 2.23. The number of rotatable bonds is 2. The Bertz CT molecular complexity index is 414. The number of hydrogen-bond acceptors (Lipinski definition) is 2. The first-order valence-electron chi connectivity index (χ1n) is 6.05. The van der Waals surface area contributed by atoms with Gasteiger partial charge in [0.2, 0.25) is 0 Å². The van der Waals surface area contributed by atoms with E-state index >= 15 is 0 Å². The van der Waals surface area contributed by atoms with Gasteiger partial charge in [-0.2, -0.15) is 5.26 Å². The van der Waals surface area contributed by atoms with Crippen molar-refractivity contribution in [2.24, 2.45) is 5.92 Å². The van der Waals surface area contributed by atoms with E-state index in [1.54, 1.807) is 0 Å². The highest BCUT2D eigenvalue weighted by atomic mass is 16.1. The molecule has 0 aromatic heterocycles. The Hall–Kier alpha value is -1.82. The highest BCUT2D eigenvalue weighted by molar-refractivity contribution is 5.94. The second-order valence-electron chi connectivity index (χ2n) is 4.52. The van der Waals surface area contributed by atoms with Crippen LogP contribution >= 0.6 is 0 Å². The van der Waals surface area contributed by atoms with Crippen molar-refractivity contribution in [2.45, 2.75) is 31.7 Å². The van der Waals surface area contributed by atoms with E-state index in [0.29, 0.717) is 5.56 Å². The second kappa shape index (κ2) is 5.49. The third kappa shape index (κ3) is 3.07. The van der Waals surface area contributed by atoms with Crippen molar-refractivity contribution >= 4 is 5.91 Å². The molecule has 0 bridgehead atoms. The fraction of sp³-hybridized carbons (Fsp3) is 0.429. The molecule has 3 heteroatoms. The first-order chi connectivity index (χ1) is 8.29. The smallest absolute Gasteiger partial charge is 0.251 e. The molecule has 0 aliphatic heterocycles. The Morgan fingerprint density at radius 1 is 1.18 bits per heavy atom. The number of nitriles is 1. The maximum Gasteiger partial charge on any atom is 0.251 e. The predicted molar refractivity (Wildman–Crippen MR) is 65.3 cm³/mol. The zero-order valence-electron chi connectivity index (χ0n) is 9.73. The van der Waals surface area contributed by atoms with Crippen LogP contribution in [-0.2, 0) is 0 Å². The normalized spacial score (nSPS) is 23.7. The van der Waals surface area contributed by atoms with Crippen LogP contribution < -0.4 is 5.32 Å². The van der Waals surface area contributed by atoms with Gasteiger partial charge in [0.1, 0.15) is 0 Å². The van der Waals surface area contributed by atoms with Crippen LogP contribution in [0, 0.1) is 17.2 Å². The summed E-state index contributed by atoms with van der Waals surface area (Å²) in [5, 5.41) is 11.8. The lowest BCUT2D eigenvalue weighted by Crippen LogP contribution is -2.37. The molecule has 1 aliphatic carbocycles. The molecule has 1 N–H and O–H groups in total. The van der Waals surface area contributed by atoms with Crippen LogP contribution in [0.5, 0.6) is 0 Å². The molecule has 17 heavy (non-hydrogen) atoms. The number of carbonyl (C=O) groups excluding carboxylic acids is 1. The molecule has 0 saturated heterocycles. The van der Waals surface area contributed by atoms with Crippen molar-refractivity contribution < 1.29 is 4.79 Å². The molecule has 0 heterocycles. The standard InChI is InChI=1S/C14H16N2O/c15-10-11-6-8-13(9-7-11)16-14(17)12-4-2-1-3-5-12/h1-5,11,13H,6-9H2,(H,16,17). The molecule has 0 unspecified atom stereocenters. The highest BCUT2D eigenvalue weighted by Gasteiger charge is 2.22. The van der Waals surface area contributed by atoms with E-state index < -0.39 is 0 Å². The fourth-order valence-corrected chi connectivity index (χ4v) is 2.23. The molecule has 1 saturated carbocycles. The average Bonchev–Trinajstić information content (AvgIpc) is 2.40. The molecule has 3 nitrogen and oxygen atoms in total. The summed E-state index contributed by atoms with van der Waals surface area (Å²) >= 11 is 0. The van der Waals surface area contributed by atoms with Crippen molar-refractivity contribution in [1.29, 1.82) is 5.26 Å². The van der Waals surface area contributed by atoms with E-state index in [0.717, 1.165) is 25.7 Å². The van der Waals surface area contributed by atoms with Gasteiger partial charge in [0.05, 0.1) is 6.07 Å². The molecule has 1 aromatic carbocycles. The number of carbonyl (C=O) groups is 1. The van der Waals surface area contributed by atoms with Gasteiger partial charge in [-0.25, -0.2) is 0 Å². The summed E-state index contributed by atoms with van der Waals surface area (Å²) in [5.41, 5.74) is 0.704. The lowest BCUT2D eigenvalue weighted by molar-refractivity contribution is 0.0925. The Labute approximate surface area is 101 Å². The molecule has 88 valence electrons. The van der Waals surface area contributed by atoms with Crippen LogP contribution in [0.15, 0.2) is 30.3 Å². The van der Waals surface area contributed by atoms with Crippen molar-refractivity contribution in [2.75, 3.05) is 0 Å². The van der Waals surface area contributed by atoms with E-state index in [2.05, 4.69) is 11.4 Å². The number of amides is 1. The third-order valence-electron chi connectivity index (χ3n) is 3.28. The second-order valence-corrected chi connectivity index (χ2v) is 4.52. The van der Waals surface area contributed by atoms with Gasteiger partial charge in [0, 0.05) is 17.5 Å². The monoisotopic (exact) mass is 228 g/mol. The Kier molecular flexibility index (Phi) is 3.77. The van der Waals surface area contributed by atoms with Gasteiger partial charge < -0.3 is 5.32 Å². The molecular weight excluding hydrogens is 212 g/mol. The summed E-state index contributed by atoms with van der Waals surface area (Å²) < 4.78 is 0. The van der Waals surface area contributed by atoms with E-state index in [1.807, 2.05) is 30.3 Å². The summed E-state index contributed by atoms with van der Waals surface area (Å²) in [6, 6.07) is 11.8. The van der Waals surface area contributed by atoms with Crippen molar-refractivity contribution in [3.05, 3.63) is 35.9 Å². The van der Waals surface area contributed by atoms with Gasteiger partial charge in [0.15, 0.2) is 0 Å². The van der Waals surface area contributed by atoms with Crippen LogP contribution in [0.4, 0.5) is 0 Å². The largest absolute Gasteiger partial charge is 0.349 e. The zero-order valence-corrected chi connectivity index (χ0v) is 9.73. The van der Waals surface area contributed by atoms with E-state index in [1.165, 1.54) is 0 Å². The molecule has 1 amide bonds. The molecule has 0 radical (unpaired) electrons. The zero-order chi connectivity index (χ0) is 12.1. The Morgan fingerprint density at radius 2 is 1.82 bits per heavy atom. The van der Waals surface area contributed by atoms with Gasteiger partial charge >= 0.3 is 0 Å². The molecule has 0 atom stereocenters. The van der Waals surface area contributed by atoms with Gasteiger partial charge in [-0.3, -0.25) is 4.79 Å². The number of benzene rings is 1. The van der Waals surface area contributed by atoms with Gasteiger partial charge in [-0.15, -0.1) is 0 Å². The molecule has 2 rings (SSSR count). The minimum absolute atomic E-state index is 0.00833. The molecular formula is C14H16N2O. The van der Waals surface area contributed by atoms with Crippen LogP contribution in [-0.4, -0.2) is 11.9 Å². The van der Waals surface area contributed by atoms with E-state index in [9.17, 15) is 4.79 Å². The Balaban J connectivity index is 1.87. The van der Waals surface area contributed by atoms with Gasteiger partial charge in [0.25, 0.3) is 5.91 Å². The maximum absolute atomic E-state index is 11.9. The van der Waals surface area contributed by atoms with E-state index in [-0.39, 0.29) is 17.9 Å². The lowest BCUT2D eigenvalue weighted by Gasteiger charge is -2.25. The summed E-state index contributed by atoms with van der Waals surface area (Å²) in [5.74, 6) is 0.172.